The van der Waals surface area contributed by atoms with E-state index in [1.165, 1.54) is 0 Å². The van der Waals surface area contributed by atoms with E-state index in [-0.39, 0.29) is 11.8 Å². The van der Waals surface area contributed by atoms with Crippen LogP contribution in [-0.2, 0) is 6.42 Å². The number of hydrogen-bond donors (Lipinski definition) is 3. The van der Waals surface area contributed by atoms with Crippen LogP contribution in [0.15, 0.2) is 24.5 Å². The molecule has 0 aliphatic carbocycles. The molecular formula is C13H15N3O2. The molecular weight excluding hydrogens is 230 g/mol. The average Bonchev–Trinajstić information content (AvgIpc) is 2.87. The second-order valence-corrected chi connectivity index (χ2v) is 4.30. The Morgan fingerprint density at radius 2 is 2.33 bits per heavy atom. The van der Waals surface area contributed by atoms with Gasteiger partial charge in [-0.1, -0.05) is 12.1 Å². The Morgan fingerprint density at radius 3 is 3.17 bits per heavy atom. The third kappa shape index (κ3) is 1.64. The molecule has 3 N–H and O–H groups in total. The van der Waals surface area contributed by atoms with Gasteiger partial charge in [0, 0.05) is 24.2 Å². The number of nitrogens with one attached hydrogen (secondary N) is 2. The van der Waals surface area contributed by atoms with E-state index in [1.54, 1.807) is 19.5 Å². The van der Waals surface area contributed by atoms with Crippen molar-refractivity contribution in [3.05, 3.63) is 41.5 Å². The largest absolute Gasteiger partial charge is 0.504 e. The minimum Gasteiger partial charge on any atom is -0.504 e. The van der Waals surface area contributed by atoms with Gasteiger partial charge in [-0.2, -0.15) is 0 Å². The molecule has 94 valence electrons. The highest BCUT2D eigenvalue weighted by Gasteiger charge is 2.26. The average molecular weight is 245 g/mol. The number of H-pyrrole nitrogens is 1. The molecule has 0 radical (unpaired) electrons. The number of fused-ring (bicyclic) bond motifs is 1. The Balaban J connectivity index is 2.07. The number of phenolic OH excluding ortho intramolecular Hbond substituents is 1. The first-order valence-corrected chi connectivity index (χ1v) is 5.92. The highest BCUT2D eigenvalue weighted by atomic mass is 16.5. The molecule has 5 nitrogen and oxygen atoms in total. The van der Waals surface area contributed by atoms with E-state index in [2.05, 4.69) is 15.3 Å². The van der Waals surface area contributed by atoms with E-state index in [9.17, 15) is 5.11 Å². The van der Waals surface area contributed by atoms with Gasteiger partial charge < -0.3 is 20.1 Å². The highest BCUT2D eigenvalue weighted by Crippen LogP contribution is 2.37. The Morgan fingerprint density at radius 1 is 1.44 bits per heavy atom. The van der Waals surface area contributed by atoms with Crippen molar-refractivity contribution in [1.29, 1.82) is 0 Å². The van der Waals surface area contributed by atoms with Gasteiger partial charge in [0.2, 0.25) is 0 Å². The number of benzene rings is 1. The minimum atomic E-state index is -0.0879. The molecule has 1 aromatic carbocycles. The van der Waals surface area contributed by atoms with Crippen LogP contribution in [-0.4, -0.2) is 28.7 Å². The van der Waals surface area contributed by atoms with Crippen LogP contribution in [0.1, 0.15) is 23.0 Å². The Labute approximate surface area is 105 Å². The van der Waals surface area contributed by atoms with Gasteiger partial charge in [-0.15, -0.1) is 0 Å². The molecule has 1 atom stereocenters. The summed E-state index contributed by atoms with van der Waals surface area (Å²) in [5.74, 6) is 0.658. The summed E-state index contributed by atoms with van der Waals surface area (Å²) in [5, 5.41) is 13.6. The summed E-state index contributed by atoms with van der Waals surface area (Å²) in [7, 11) is 1.55. The van der Waals surface area contributed by atoms with E-state index in [4.69, 9.17) is 4.74 Å². The second kappa shape index (κ2) is 4.34. The number of phenols is 1. The summed E-state index contributed by atoms with van der Waals surface area (Å²) in [6, 6.07) is 5.42. The maximum absolute atomic E-state index is 10.2. The normalized spacial score (nSPS) is 18.4. The molecule has 0 amide bonds. The summed E-state index contributed by atoms with van der Waals surface area (Å²) in [6.45, 7) is 0.858. The van der Waals surface area contributed by atoms with Gasteiger partial charge in [0.15, 0.2) is 11.5 Å². The summed E-state index contributed by atoms with van der Waals surface area (Å²) in [5.41, 5.74) is 2.87. The van der Waals surface area contributed by atoms with Crippen LogP contribution in [0, 0.1) is 0 Å². The zero-order valence-electron chi connectivity index (χ0n) is 10.1. The standard InChI is InChI=1S/C13H15N3O2/c1-18-10-4-2-3-8(13(10)17)11-12-9(5-6-14-11)15-7-16-12/h2-4,7,11,14,17H,5-6H2,1H3,(H,15,16)/t11-/m1/s1. The van der Waals surface area contributed by atoms with E-state index in [1.807, 2.05) is 12.1 Å². The lowest BCUT2D eigenvalue weighted by molar-refractivity contribution is 0.367. The number of imidazole rings is 1. The quantitative estimate of drug-likeness (QED) is 0.747. The number of methoxy groups -OCH3 is 1. The molecule has 0 unspecified atom stereocenters. The zero-order valence-corrected chi connectivity index (χ0v) is 10.1. The molecule has 1 aromatic heterocycles. The number of nitrogens with zero attached hydrogens (tertiary/aromatic N) is 1. The van der Waals surface area contributed by atoms with Crippen molar-refractivity contribution in [2.24, 2.45) is 0 Å². The number of aromatic hydroxyl groups is 1. The van der Waals surface area contributed by atoms with Gasteiger partial charge in [0.25, 0.3) is 0 Å². The molecule has 1 aliphatic heterocycles. The number of ether oxygens (including phenoxy) is 1. The maximum atomic E-state index is 10.2. The van der Waals surface area contributed by atoms with E-state index in [0.717, 1.165) is 29.9 Å². The summed E-state index contributed by atoms with van der Waals surface area (Å²) in [4.78, 5) is 7.48. The van der Waals surface area contributed by atoms with Crippen LogP contribution in [0.5, 0.6) is 11.5 Å². The van der Waals surface area contributed by atoms with Crippen molar-refractivity contribution in [1.82, 2.24) is 15.3 Å². The van der Waals surface area contributed by atoms with Crippen LogP contribution in [0.25, 0.3) is 0 Å². The third-order valence-corrected chi connectivity index (χ3v) is 3.31. The Kier molecular flexibility index (Phi) is 2.68. The number of rotatable bonds is 2. The predicted molar refractivity (Wildman–Crippen MR) is 66.8 cm³/mol. The number of aromatic amines is 1. The smallest absolute Gasteiger partial charge is 0.162 e. The number of aromatic nitrogens is 2. The molecule has 1 aliphatic rings. The molecule has 18 heavy (non-hydrogen) atoms. The van der Waals surface area contributed by atoms with Crippen LogP contribution in [0.4, 0.5) is 0 Å². The van der Waals surface area contributed by atoms with Gasteiger partial charge >= 0.3 is 0 Å². The second-order valence-electron chi connectivity index (χ2n) is 4.30. The van der Waals surface area contributed by atoms with Gasteiger partial charge in [-0.3, -0.25) is 0 Å². The van der Waals surface area contributed by atoms with Crippen molar-refractivity contribution >= 4 is 0 Å². The highest BCUT2D eigenvalue weighted by molar-refractivity contribution is 5.49. The third-order valence-electron chi connectivity index (χ3n) is 3.31. The summed E-state index contributed by atoms with van der Waals surface area (Å²) >= 11 is 0. The lowest BCUT2D eigenvalue weighted by Gasteiger charge is -2.24. The number of para-hydroxylation sites is 1. The fourth-order valence-corrected chi connectivity index (χ4v) is 2.41. The summed E-state index contributed by atoms with van der Waals surface area (Å²) in [6.07, 6.45) is 2.62. The van der Waals surface area contributed by atoms with Gasteiger partial charge in [-0.05, 0) is 6.07 Å². The van der Waals surface area contributed by atoms with Crippen LogP contribution in [0.3, 0.4) is 0 Å². The van der Waals surface area contributed by atoms with Crippen molar-refractivity contribution in [3.63, 3.8) is 0 Å². The van der Waals surface area contributed by atoms with E-state index in [0.29, 0.717) is 5.75 Å². The molecule has 2 heterocycles. The zero-order chi connectivity index (χ0) is 12.5. The van der Waals surface area contributed by atoms with Gasteiger partial charge in [0.1, 0.15) is 0 Å². The molecule has 3 rings (SSSR count). The van der Waals surface area contributed by atoms with Crippen molar-refractivity contribution in [2.75, 3.05) is 13.7 Å². The monoisotopic (exact) mass is 245 g/mol. The minimum absolute atomic E-state index is 0.0879. The maximum Gasteiger partial charge on any atom is 0.162 e. The van der Waals surface area contributed by atoms with Crippen LogP contribution in [0.2, 0.25) is 0 Å². The Hall–Kier alpha value is -2.01. The first-order valence-electron chi connectivity index (χ1n) is 5.92. The van der Waals surface area contributed by atoms with Crippen molar-refractivity contribution < 1.29 is 9.84 Å². The predicted octanol–water partition coefficient (Wildman–Crippen LogP) is 1.36. The van der Waals surface area contributed by atoms with E-state index >= 15 is 0 Å². The lowest BCUT2D eigenvalue weighted by atomic mass is 9.97. The fraction of sp³-hybridized carbons (Fsp3) is 0.308. The molecule has 0 bridgehead atoms. The first kappa shape index (κ1) is 11.1. The van der Waals surface area contributed by atoms with Gasteiger partial charge in [-0.25, -0.2) is 4.98 Å². The Bertz CT molecular complexity index is 565. The fourth-order valence-electron chi connectivity index (χ4n) is 2.41. The molecule has 0 saturated carbocycles. The molecule has 5 heteroatoms. The number of hydrogen-bond acceptors (Lipinski definition) is 4. The molecule has 0 saturated heterocycles. The van der Waals surface area contributed by atoms with Crippen molar-refractivity contribution in [2.45, 2.75) is 12.5 Å². The van der Waals surface area contributed by atoms with E-state index < -0.39 is 0 Å². The lowest BCUT2D eigenvalue weighted by Crippen LogP contribution is -2.30. The SMILES string of the molecule is COc1cccc([C@H]2NCCc3[nH]cnc32)c1O. The van der Waals surface area contributed by atoms with Crippen LogP contribution < -0.4 is 10.1 Å². The molecule has 0 fully saturated rings. The topological polar surface area (TPSA) is 70.2 Å². The first-order chi connectivity index (χ1) is 8.81. The van der Waals surface area contributed by atoms with Gasteiger partial charge in [0.05, 0.1) is 25.2 Å². The van der Waals surface area contributed by atoms with Crippen LogP contribution >= 0.6 is 0 Å². The molecule has 0 spiro atoms. The summed E-state index contributed by atoms with van der Waals surface area (Å²) < 4.78 is 5.14. The molecule has 2 aromatic rings. The van der Waals surface area contributed by atoms with Crippen molar-refractivity contribution in [3.8, 4) is 11.5 Å².